The van der Waals surface area contributed by atoms with E-state index in [9.17, 15) is 18.8 Å². The number of fused-ring (bicyclic) bond motifs is 1. The number of halogens is 1. The van der Waals surface area contributed by atoms with E-state index in [-0.39, 0.29) is 24.8 Å². The van der Waals surface area contributed by atoms with E-state index >= 15 is 0 Å². The van der Waals surface area contributed by atoms with Gasteiger partial charge in [0, 0.05) is 25.2 Å². The zero-order chi connectivity index (χ0) is 28.8. The summed E-state index contributed by atoms with van der Waals surface area (Å²) in [6.07, 6.45) is -0.318. The number of anilines is 1. The third kappa shape index (κ3) is 9.77. The highest BCUT2D eigenvalue weighted by molar-refractivity contribution is 5.88. The minimum atomic E-state index is -0.682. The first kappa shape index (κ1) is 29.7. The molecular formula is C29H39FN4O5. The van der Waals surface area contributed by atoms with Gasteiger partial charge < -0.3 is 30.7 Å². The molecule has 0 saturated carbocycles. The Kier molecular flexibility index (Phi) is 9.42. The van der Waals surface area contributed by atoms with E-state index in [0.717, 1.165) is 22.4 Å². The number of rotatable bonds is 8. The van der Waals surface area contributed by atoms with Gasteiger partial charge in [0.05, 0.1) is 6.04 Å². The van der Waals surface area contributed by atoms with E-state index < -0.39 is 35.5 Å². The maximum absolute atomic E-state index is 13.3. The molecule has 1 heterocycles. The molecule has 212 valence electrons. The Labute approximate surface area is 229 Å². The van der Waals surface area contributed by atoms with E-state index in [1.807, 2.05) is 18.2 Å². The Morgan fingerprint density at radius 1 is 0.923 bits per heavy atom. The van der Waals surface area contributed by atoms with Crippen molar-refractivity contribution in [2.75, 3.05) is 18.4 Å². The quantitative estimate of drug-likeness (QED) is 0.382. The van der Waals surface area contributed by atoms with Gasteiger partial charge in [-0.2, -0.15) is 0 Å². The third-order valence-corrected chi connectivity index (χ3v) is 5.76. The molecule has 2 aromatic carbocycles. The second-order valence-electron chi connectivity index (χ2n) is 11.6. The number of carbonyl (C=O) groups excluding carboxylic acids is 3. The molecule has 3 rings (SSSR count). The molecule has 4 N–H and O–H groups in total. The summed E-state index contributed by atoms with van der Waals surface area (Å²) in [4.78, 5) is 37.4. The van der Waals surface area contributed by atoms with Gasteiger partial charge in [-0.05, 0) is 82.9 Å². The number of hydrogen-bond donors (Lipinski definition) is 4. The summed E-state index contributed by atoms with van der Waals surface area (Å²) in [5, 5.41) is 11.6. The zero-order valence-corrected chi connectivity index (χ0v) is 23.4. The zero-order valence-electron chi connectivity index (χ0n) is 23.4. The lowest BCUT2D eigenvalue weighted by atomic mass is 10.0. The predicted molar refractivity (Wildman–Crippen MR) is 148 cm³/mol. The van der Waals surface area contributed by atoms with Crippen molar-refractivity contribution in [2.45, 2.75) is 77.7 Å². The molecule has 0 saturated heterocycles. The van der Waals surface area contributed by atoms with Crippen molar-refractivity contribution in [3.8, 4) is 11.1 Å². The number of benzene rings is 2. The highest BCUT2D eigenvalue weighted by Gasteiger charge is 2.28. The summed E-state index contributed by atoms with van der Waals surface area (Å²) in [5.74, 6) is -0.513. The Morgan fingerprint density at radius 3 is 2.18 bits per heavy atom. The first-order valence-electron chi connectivity index (χ1n) is 13.1. The molecule has 1 aliphatic rings. The fourth-order valence-electron chi connectivity index (χ4n) is 4.04. The maximum atomic E-state index is 13.3. The number of hydrogen-bond acceptors (Lipinski definition) is 6. The maximum Gasteiger partial charge on any atom is 0.407 e. The first-order chi connectivity index (χ1) is 18.2. The summed E-state index contributed by atoms with van der Waals surface area (Å²) < 4.78 is 23.9. The molecule has 0 aromatic heterocycles. The van der Waals surface area contributed by atoms with Crippen LogP contribution >= 0.6 is 0 Å². The second-order valence-corrected chi connectivity index (χ2v) is 11.6. The fraction of sp³-hybridized carbons (Fsp3) is 0.483. The van der Waals surface area contributed by atoms with Crippen molar-refractivity contribution >= 4 is 23.8 Å². The standard InChI is InChI=1S/C29H39FN4O5/c1-28(2,3)38-26(36)31-14-13-22(33-27(37)39-29(4,5)6)17-32-25(35)24-16-20-8-7-19(15-23(20)34-24)18-9-11-21(30)12-10-18/h7-12,15,22,24,34H,13-14,16-17H2,1-6H3,(H,31,36)(H,32,35)(H,33,37)/t22-,24?/m0/s1. The number of ether oxygens (including phenoxy) is 2. The van der Waals surface area contributed by atoms with Gasteiger partial charge in [-0.1, -0.05) is 24.3 Å². The Bertz CT molecular complexity index is 1170. The largest absolute Gasteiger partial charge is 0.444 e. The lowest BCUT2D eigenvalue weighted by molar-refractivity contribution is -0.121. The summed E-state index contributed by atoms with van der Waals surface area (Å²) >= 11 is 0. The third-order valence-electron chi connectivity index (χ3n) is 5.76. The fourth-order valence-corrected chi connectivity index (χ4v) is 4.04. The Hall–Kier alpha value is -3.82. The normalized spacial score (nSPS) is 15.4. The molecule has 10 heteroatoms. The van der Waals surface area contributed by atoms with Crippen molar-refractivity contribution in [2.24, 2.45) is 0 Å². The van der Waals surface area contributed by atoms with Crippen molar-refractivity contribution < 1.29 is 28.2 Å². The van der Waals surface area contributed by atoms with Gasteiger partial charge in [-0.15, -0.1) is 0 Å². The van der Waals surface area contributed by atoms with Gasteiger partial charge in [-0.3, -0.25) is 4.79 Å². The van der Waals surface area contributed by atoms with Gasteiger partial charge in [0.25, 0.3) is 0 Å². The highest BCUT2D eigenvalue weighted by atomic mass is 19.1. The van der Waals surface area contributed by atoms with Crippen LogP contribution in [0.25, 0.3) is 11.1 Å². The van der Waals surface area contributed by atoms with Crippen LogP contribution in [0.5, 0.6) is 0 Å². The van der Waals surface area contributed by atoms with Crippen LogP contribution in [0.2, 0.25) is 0 Å². The number of amides is 3. The van der Waals surface area contributed by atoms with Gasteiger partial charge in [0.1, 0.15) is 23.1 Å². The average molecular weight is 543 g/mol. The van der Waals surface area contributed by atoms with E-state index in [2.05, 4.69) is 21.3 Å². The summed E-state index contributed by atoms with van der Waals surface area (Å²) in [7, 11) is 0. The smallest absolute Gasteiger partial charge is 0.407 e. The molecule has 0 aliphatic carbocycles. The van der Waals surface area contributed by atoms with Crippen molar-refractivity contribution in [1.29, 1.82) is 0 Å². The Balaban J connectivity index is 1.57. The summed E-state index contributed by atoms with van der Waals surface area (Å²) in [6.45, 7) is 11.0. The summed E-state index contributed by atoms with van der Waals surface area (Å²) in [6, 6.07) is 11.1. The molecule has 2 atom stereocenters. The lowest BCUT2D eigenvalue weighted by Crippen LogP contribution is -2.49. The SMILES string of the molecule is CC(C)(C)OC(=O)NCC[C@@H](CNC(=O)C1Cc2ccc(-c3ccc(F)cc3)cc2N1)NC(=O)OC(C)(C)C. The molecule has 0 bridgehead atoms. The van der Waals surface area contributed by atoms with Crippen LogP contribution in [-0.4, -0.2) is 54.5 Å². The van der Waals surface area contributed by atoms with Crippen LogP contribution in [0.3, 0.4) is 0 Å². The minimum absolute atomic E-state index is 0.142. The van der Waals surface area contributed by atoms with E-state index in [0.29, 0.717) is 12.8 Å². The predicted octanol–water partition coefficient (Wildman–Crippen LogP) is 4.75. The monoisotopic (exact) mass is 542 g/mol. The van der Waals surface area contributed by atoms with Crippen LogP contribution in [0, 0.1) is 5.82 Å². The molecular weight excluding hydrogens is 503 g/mol. The van der Waals surface area contributed by atoms with Gasteiger partial charge in [-0.25, -0.2) is 14.0 Å². The molecule has 3 amide bonds. The van der Waals surface area contributed by atoms with Crippen LogP contribution < -0.4 is 21.3 Å². The molecule has 39 heavy (non-hydrogen) atoms. The van der Waals surface area contributed by atoms with Crippen LogP contribution in [0.1, 0.15) is 53.5 Å². The topological polar surface area (TPSA) is 118 Å². The van der Waals surface area contributed by atoms with E-state index in [4.69, 9.17) is 9.47 Å². The second kappa shape index (κ2) is 12.4. The van der Waals surface area contributed by atoms with Crippen molar-refractivity contribution in [1.82, 2.24) is 16.0 Å². The van der Waals surface area contributed by atoms with Crippen molar-refractivity contribution in [3.63, 3.8) is 0 Å². The van der Waals surface area contributed by atoms with Gasteiger partial charge in [0.2, 0.25) is 5.91 Å². The van der Waals surface area contributed by atoms with E-state index in [1.165, 1.54) is 12.1 Å². The number of nitrogens with one attached hydrogen (secondary N) is 4. The molecule has 9 nitrogen and oxygen atoms in total. The summed E-state index contributed by atoms with van der Waals surface area (Å²) in [5.41, 5.74) is 2.34. The van der Waals surface area contributed by atoms with Crippen molar-refractivity contribution in [3.05, 3.63) is 53.8 Å². The Morgan fingerprint density at radius 2 is 1.54 bits per heavy atom. The molecule has 0 radical (unpaired) electrons. The number of carbonyl (C=O) groups is 3. The minimum Gasteiger partial charge on any atom is -0.444 e. The average Bonchev–Trinajstić information content (AvgIpc) is 3.24. The van der Waals surface area contributed by atoms with Gasteiger partial charge in [0.15, 0.2) is 0 Å². The van der Waals surface area contributed by atoms with Gasteiger partial charge >= 0.3 is 12.2 Å². The molecule has 1 unspecified atom stereocenters. The van der Waals surface area contributed by atoms with Crippen LogP contribution in [0.15, 0.2) is 42.5 Å². The first-order valence-corrected chi connectivity index (χ1v) is 13.1. The molecule has 2 aromatic rings. The molecule has 0 fully saturated rings. The highest BCUT2D eigenvalue weighted by Crippen LogP contribution is 2.31. The molecule has 0 spiro atoms. The van der Waals surface area contributed by atoms with Crippen LogP contribution in [0.4, 0.5) is 19.7 Å². The van der Waals surface area contributed by atoms with E-state index in [1.54, 1.807) is 53.7 Å². The lowest BCUT2D eigenvalue weighted by Gasteiger charge is -2.25. The molecule has 1 aliphatic heterocycles. The number of alkyl carbamates (subject to hydrolysis) is 2. The van der Waals surface area contributed by atoms with Crippen LogP contribution in [-0.2, 0) is 20.7 Å².